The van der Waals surface area contributed by atoms with Crippen LogP contribution in [0.2, 0.25) is 0 Å². The van der Waals surface area contributed by atoms with Crippen molar-refractivity contribution in [1.29, 1.82) is 0 Å². The van der Waals surface area contributed by atoms with Crippen LogP contribution in [0.3, 0.4) is 0 Å². The minimum atomic E-state index is 0.281. The first-order chi connectivity index (χ1) is 8.98. The fourth-order valence-corrected chi connectivity index (χ4v) is 3.05. The van der Waals surface area contributed by atoms with Crippen LogP contribution in [0, 0.1) is 34.5 Å². The Balaban J connectivity index is 4.95. The van der Waals surface area contributed by atoms with Gasteiger partial charge < -0.3 is 11.5 Å². The molecule has 2 atom stereocenters. The summed E-state index contributed by atoms with van der Waals surface area (Å²) in [4.78, 5) is 0. The largest absolute Gasteiger partial charge is 0.330 e. The molecule has 0 saturated heterocycles. The van der Waals surface area contributed by atoms with E-state index in [1.54, 1.807) is 0 Å². The summed E-state index contributed by atoms with van der Waals surface area (Å²) in [5.74, 6) is 2.54. The number of hydrogen-bond donors (Lipinski definition) is 2. The lowest BCUT2D eigenvalue weighted by Gasteiger charge is -2.46. The first-order valence-corrected chi connectivity index (χ1v) is 8.38. The summed E-state index contributed by atoms with van der Waals surface area (Å²) >= 11 is 0. The van der Waals surface area contributed by atoms with Crippen molar-refractivity contribution in [3.8, 4) is 0 Å². The van der Waals surface area contributed by atoms with Crippen LogP contribution in [0.5, 0.6) is 0 Å². The zero-order valence-corrected chi connectivity index (χ0v) is 15.3. The van der Waals surface area contributed by atoms with Crippen molar-refractivity contribution in [3.05, 3.63) is 0 Å². The fourth-order valence-electron chi connectivity index (χ4n) is 3.05. The monoisotopic (exact) mass is 284 g/mol. The fraction of sp³-hybridized carbons (Fsp3) is 1.00. The van der Waals surface area contributed by atoms with Crippen molar-refractivity contribution in [1.82, 2.24) is 0 Å². The number of hydrogen-bond acceptors (Lipinski definition) is 2. The molecule has 0 radical (unpaired) electrons. The lowest BCUT2D eigenvalue weighted by Crippen LogP contribution is -2.40. The van der Waals surface area contributed by atoms with Crippen molar-refractivity contribution in [2.45, 2.75) is 68.2 Å². The summed E-state index contributed by atoms with van der Waals surface area (Å²) in [5.41, 5.74) is 12.5. The Kier molecular flexibility index (Phi) is 7.76. The first-order valence-electron chi connectivity index (χ1n) is 8.38. The van der Waals surface area contributed by atoms with Gasteiger partial charge in [-0.3, -0.25) is 0 Å². The molecule has 2 unspecified atom stereocenters. The van der Waals surface area contributed by atoms with Crippen molar-refractivity contribution < 1.29 is 0 Å². The van der Waals surface area contributed by atoms with Crippen LogP contribution in [-0.4, -0.2) is 13.1 Å². The maximum Gasteiger partial charge on any atom is -0.00462 e. The van der Waals surface area contributed by atoms with Crippen molar-refractivity contribution >= 4 is 0 Å². The number of nitrogens with two attached hydrogens (primary N) is 2. The SMILES string of the molecule is CC(C)C(CN)CC(C)(C)C(C)(C)CC(CN)C(C)C. The molecule has 4 N–H and O–H groups in total. The van der Waals surface area contributed by atoms with Gasteiger partial charge in [-0.05, 0) is 60.4 Å². The van der Waals surface area contributed by atoms with E-state index in [9.17, 15) is 0 Å². The molecule has 0 spiro atoms. The highest BCUT2D eigenvalue weighted by Gasteiger charge is 2.40. The highest BCUT2D eigenvalue weighted by atomic mass is 14.6. The Labute approximate surface area is 128 Å². The second kappa shape index (κ2) is 7.79. The van der Waals surface area contributed by atoms with E-state index >= 15 is 0 Å². The molecule has 0 aliphatic carbocycles. The van der Waals surface area contributed by atoms with E-state index in [1.807, 2.05) is 0 Å². The first kappa shape index (κ1) is 19.9. The topological polar surface area (TPSA) is 52.0 Å². The third-order valence-electron chi connectivity index (χ3n) is 5.87. The Hall–Kier alpha value is -0.0800. The molecule has 0 amide bonds. The minimum absolute atomic E-state index is 0.281. The summed E-state index contributed by atoms with van der Waals surface area (Å²) < 4.78 is 0. The van der Waals surface area contributed by atoms with Crippen LogP contribution in [0.1, 0.15) is 68.2 Å². The molecule has 20 heavy (non-hydrogen) atoms. The maximum absolute atomic E-state index is 5.98. The van der Waals surface area contributed by atoms with Gasteiger partial charge in [0.05, 0.1) is 0 Å². The van der Waals surface area contributed by atoms with Gasteiger partial charge >= 0.3 is 0 Å². The molecule has 0 heterocycles. The second-order valence-corrected chi connectivity index (χ2v) is 8.66. The Morgan fingerprint density at radius 2 is 0.900 bits per heavy atom. The third-order valence-corrected chi connectivity index (χ3v) is 5.87. The zero-order chi connectivity index (χ0) is 16.1. The molecule has 0 aromatic carbocycles. The van der Waals surface area contributed by atoms with Crippen molar-refractivity contribution in [2.75, 3.05) is 13.1 Å². The van der Waals surface area contributed by atoms with Crippen LogP contribution < -0.4 is 11.5 Å². The molecule has 0 aliphatic rings. The minimum Gasteiger partial charge on any atom is -0.330 e. The van der Waals surface area contributed by atoms with E-state index < -0.39 is 0 Å². The molecule has 0 rings (SSSR count). The summed E-state index contributed by atoms with van der Waals surface area (Å²) in [6.07, 6.45) is 2.40. The van der Waals surface area contributed by atoms with Gasteiger partial charge in [-0.2, -0.15) is 0 Å². The second-order valence-electron chi connectivity index (χ2n) is 8.66. The summed E-state index contributed by atoms with van der Waals surface area (Å²) in [6.45, 7) is 20.4. The van der Waals surface area contributed by atoms with Gasteiger partial charge in [-0.1, -0.05) is 55.4 Å². The molecular formula is C18H40N2. The predicted octanol–water partition coefficient (Wildman–Crippen LogP) is 4.28. The molecular weight excluding hydrogens is 244 g/mol. The molecule has 0 aromatic heterocycles. The predicted molar refractivity (Wildman–Crippen MR) is 91.6 cm³/mol. The van der Waals surface area contributed by atoms with Crippen molar-refractivity contribution in [3.63, 3.8) is 0 Å². The van der Waals surface area contributed by atoms with Crippen LogP contribution in [-0.2, 0) is 0 Å². The van der Waals surface area contributed by atoms with Gasteiger partial charge in [0, 0.05) is 0 Å². The van der Waals surface area contributed by atoms with Crippen LogP contribution in [0.25, 0.3) is 0 Å². The molecule has 122 valence electrons. The molecule has 2 heteroatoms. The third kappa shape index (κ3) is 5.37. The van der Waals surface area contributed by atoms with E-state index in [4.69, 9.17) is 11.5 Å². The smallest absolute Gasteiger partial charge is 0.00462 e. The molecule has 0 saturated carbocycles. The van der Waals surface area contributed by atoms with E-state index in [2.05, 4.69) is 55.4 Å². The van der Waals surface area contributed by atoms with Crippen molar-refractivity contribution in [2.24, 2.45) is 46.0 Å². The Morgan fingerprint density at radius 1 is 0.650 bits per heavy atom. The van der Waals surface area contributed by atoms with E-state index in [-0.39, 0.29) is 10.8 Å². The standard InChI is InChI=1S/C18H40N2/c1-13(2)15(11-19)9-17(5,6)18(7,8)10-16(12-20)14(3)4/h13-16H,9-12,19-20H2,1-8H3. The molecule has 0 bridgehead atoms. The van der Waals surface area contributed by atoms with Gasteiger partial charge in [0.25, 0.3) is 0 Å². The average Bonchev–Trinajstić information content (AvgIpc) is 2.31. The average molecular weight is 285 g/mol. The molecule has 2 nitrogen and oxygen atoms in total. The lowest BCUT2D eigenvalue weighted by molar-refractivity contribution is 0.0386. The lowest BCUT2D eigenvalue weighted by atomic mass is 9.59. The highest BCUT2D eigenvalue weighted by Crippen LogP contribution is 2.48. The Bertz CT molecular complexity index is 239. The van der Waals surface area contributed by atoms with Gasteiger partial charge in [-0.25, -0.2) is 0 Å². The summed E-state index contributed by atoms with van der Waals surface area (Å²) in [5, 5.41) is 0. The van der Waals surface area contributed by atoms with E-state index in [0.29, 0.717) is 23.7 Å². The van der Waals surface area contributed by atoms with Gasteiger partial charge in [0.2, 0.25) is 0 Å². The molecule has 0 aromatic rings. The number of rotatable bonds is 9. The van der Waals surface area contributed by atoms with Gasteiger partial charge in [0.15, 0.2) is 0 Å². The van der Waals surface area contributed by atoms with E-state index in [1.165, 1.54) is 12.8 Å². The normalized spacial score (nSPS) is 16.8. The van der Waals surface area contributed by atoms with Gasteiger partial charge in [-0.15, -0.1) is 0 Å². The zero-order valence-electron chi connectivity index (χ0n) is 15.3. The summed E-state index contributed by atoms with van der Waals surface area (Å²) in [6, 6.07) is 0. The van der Waals surface area contributed by atoms with Crippen LogP contribution in [0.4, 0.5) is 0 Å². The molecule has 0 aliphatic heterocycles. The molecule has 0 fully saturated rings. The van der Waals surface area contributed by atoms with Gasteiger partial charge in [0.1, 0.15) is 0 Å². The highest BCUT2D eigenvalue weighted by molar-refractivity contribution is 4.90. The van der Waals surface area contributed by atoms with E-state index in [0.717, 1.165) is 13.1 Å². The van der Waals surface area contributed by atoms with Crippen LogP contribution in [0.15, 0.2) is 0 Å². The van der Waals surface area contributed by atoms with Crippen LogP contribution >= 0.6 is 0 Å². The maximum atomic E-state index is 5.98. The Morgan fingerprint density at radius 3 is 1.05 bits per heavy atom. The summed E-state index contributed by atoms with van der Waals surface area (Å²) in [7, 11) is 0. The quantitative estimate of drug-likeness (QED) is 0.664.